The summed E-state index contributed by atoms with van der Waals surface area (Å²) < 4.78 is 0. The third-order valence-corrected chi connectivity index (χ3v) is 2.71. The molecule has 0 atom stereocenters. The molecule has 1 aliphatic heterocycles. The lowest BCUT2D eigenvalue weighted by molar-refractivity contribution is 0.192. The van der Waals surface area contributed by atoms with E-state index in [2.05, 4.69) is 0 Å². The summed E-state index contributed by atoms with van der Waals surface area (Å²) in [7, 11) is 0. The van der Waals surface area contributed by atoms with Crippen molar-refractivity contribution in [2.45, 2.75) is 19.3 Å². The molecule has 1 saturated heterocycles. The Morgan fingerprint density at radius 3 is 2.20 bits per heavy atom. The maximum absolute atomic E-state index is 11.7. The molecule has 1 fully saturated rings. The number of urea groups is 1. The largest absolute Gasteiger partial charge is 0.330 e. The van der Waals surface area contributed by atoms with Crippen LogP contribution in [0, 0.1) is 0 Å². The standard InChI is InChI=1S/C10H22N4O/c11-4-2-1-3-6-13-8-9-14(7-5-12)10(13)15/h1-9,11-12H2. The third-order valence-electron chi connectivity index (χ3n) is 2.71. The van der Waals surface area contributed by atoms with Crippen LogP contribution in [0.4, 0.5) is 4.79 Å². The highest BCUT2D eigenvalue weighted by molar-refractivity contribution is 5.76. The highest BCUT2D eigenvalue weighted by Crippen LogP contribution is 2.09. The van der Waals surface area contributed by atoms with Gasteiger partial charge in [0.05, 0.1) is 0 Å². The molecule has 15 heavy (non-hydrogen) atoms. The summed E-state index contributed by atoms with van der Waals surface area (Å²) >= 11 is 0. The van der Waals surface area contributed by atoms with Gasteiger partial charge in [0.2, 0.25) is 0 Å². The summed E-state index contributed by atoms with van der Waals surface area (Å²) in [5.41, 5.74) is 10.8. The van der Waals surface area contributed by atoms with E-state index in [4.69, 9.17) is 11.5 Å². The molecule has 5 heteroatoms. The van der Waals surface area contributed by atoms with Crippen LogP contribution in [0.25, 0.3) is 0 Å². The monoisotopic (exact) mass is 214 g/mol. The summed E-state index contributed by atoms with van der Waals surface area (Å²) in [6, 6.07) is 0.146. The van der Waals surface area contributed by atoms with E-state index < -0.39 is 0 Å². The van der Waals surface area contributed by atoms with Crippen LogP contribution >= 0.6 is 0 Å². The Morgan fingerprint density at radius 1 is 0.933 bits per heavy atom. The van der Waals surface area contributed by atoms with Crippen LogP contribution in [0.5, 0.6) is 0 Å². The number of rotatable bonds is 7. The molecule has 0 aromatic carbocycles. The lowest BCUT2D eigenvalue weighted by Crippen LogP contribution is -2.35. The second-order valence-electron chi connectivity index (χ2n) is 3.89. The zero-order chi connectivity index (χ0) is 11.1. The van der Waals surface area contributed by atoms with Crippen molar-refractivity contribution in [2.75, 3.05) is 39.3 Å². The van der Waals surface area contributed by atoms with Gasteiger partial charge in [-0.1, -0.05) is 6.42 Å². The van der Waals surface area contributed by atoms with E-state index in [-0.39, 0.29) is 6.03 Å². The first-order valence-corrected chi connectivity index (χ1v) is 5.73. The number of nitrogens with two attached hydrogens (primary N) is 2. The van der Waals surface area contributed by atoms with E-state index in [0.29, 0.717) is 13.1 Å². The first-order valence-electron chi connectivity index (χ1n) is 5.73. The van der Waals surface area contributed by atoms with E-state index in [1.165, 1.54) is 0 Å². The molecule has 0 spiro atoms. The van der Waals surface area contributed by atoms with Gasteiger partial charge < -0.3 is 21.3 Å². The first kappa shape index (κ1) is 12.3. The van der Waals surface area contributed by atoms with Crippen LogP contribution in [0.15, 0.2) is 0 Å². The summed E-state index contributed by atoms with van der Waals surface area (Å²) in [5.74, 6) is 0. The lowest BCUT2D eigenvalue weighted by Gasteiger charge is -2.17. The Labute approximate surface area is 91.4 Å². The molecule has 4 N–H and O–H groups in total. The summed E-state index contributed by atoms with van der Waals surface area (Å²) in [4.78, 5) is 15.5. The van der Waals surface area contributed by atoms with Gasteiger partial charge in [-0.2, -0.15) is 0 Å². The molecule has 5 nitrogen and oxygen atoms in total. The Morgan fingerprint density at radius 2 is 1.60 bits per heavy atom. The maximum atomic E-state index is 11.7. The topological polar surface area (TPSA) is 75.6 Å². The van der Waals surface area contributed by atoms with Gasteiger partial charge in [-0.15, -0.1) is 0 Å². The normalized spacial score (nSPS) is 16.5. The highest BCUT2D eigenvalue weighted by Gasteiger charge is 2.26. The van der Waals surface area contributed by atoms with Crippen molar-refractivity contribution in [3.05, 3.63) is 0 Å². The van der Waals surface area contributed by atoms with Crippen LogP contribution < -0.4 is 11.5 Å². The molecular weight excluding hydrogens is 192 g/mol. The van der Waals surface area contributed by atoms with Crippen LogP contribution in [-0.4, -0.2) is 55.1 Å². The van der Waals surface area contributed by atoms with Crippen LogP contribution in [0.2, 0.25) is 0 Å². The number of carbonyl (C=O) groups is 1. The average molecular weight is 214 g/mol. The Kier molecular flexibility index (Phi) is 5.42. The molecule has 88 valence electrons. The second-order valence-corrected chi connectivity index (χ2v) is 3.89. The first-order chi connectivity index (χ1) is 7.29. The van der Waals surface area contributed by atoms with Crippen molar-refractivity contribution in [1.82, 2.24) is 9.80 Å². The van der Waals surface area contributed by atoms with Gasteiger partial charge in [-0.3, -0.25) is 0 Å². The number of hydrogen-bond donors (Lipinski definition) is 2. The van der Waals surface area contributed by atoms with Crippen molar-refractivity contribution < 1.29 is 4.79 Å². The van der Waals surface area contributed by atoms with Gasteiger partial charge in [0.15, 0.2) is 0 Å². The van der Waals surface area contributed by atoms with Crippen molar-refractivity contribution in [3.63, 3.8) is 0 Å². The maximum Gasteiger partial charge on any atom is 0.320 e. The van der Waals surface area contributed by atoms with E-state index in [1.807, 2.05) is 9.80 Å². The lowest BCUT2D eigenvalue weighted by atomic mass is 10.2. The van der Waals surface area contributed by atoms with Gasteiger partial charge in [-0.05, 0) is 19.4 Å². The minimum absolute atomic E-state index is 0.146. The summed E-state index contributed by atoms with van der Waals surface area (Å²) in [6.07, 6.45) is 3.21. The molecule has 0 saturated carbocycles. The molecule has 2 amide bonds. The SMILES string of the molecule is NCCCCCN1CCN(CCN)C1=O. The van der Waals surface area contributed by atoms with E-state index >= 15 is 0 Å². The minimum atomic E-state index is 0.146. The zero-order valence-corrected chi connectivity index (χ0v) is 9.32. The van der Waals surface area contributed by atoms with Crippen molar-refractivity contribution >= 4 is 6.03 Å². The third kappa shape index (κ3) is 3.68. The van der Waals surface area contributed by atoms with Crippen molar-refractivity contribution in [3.8, 4) is 0 Å². The Bertz CT molecular complexity index is 198. The molecule has 0 aromatic heterocycles. The zero-order valence-electron chi connectivity index (χ0n) is 9.32. The van der Waals surface area contributed by atoms with Gasteiger partial charge >= 0.3 is 6.03 Å². The molecule has 0 radical (unpaired) electrons. The molecule has 0 aromatic rings. The predicted molar refractivity (Wildman–Crippen MR) is 60.5 cm³/mol. The van der Waals surface area contributed by atoms with Gasteiger partial charge in [-0.25, -0.2) is 4.79 Å². The number of amides is 2. The molecule has 0 bridgehead atoms. The highest BCUT2D eigenvalue weighted by atomic mass is 16.2. The van der Waals surface area contributed by atoms with E-state index in [1.54, 1.807) is 0 Å². The van der Waals surface area contributed by atoms with E-state index in [0.717, 1.165) is 45.4 Å². The fraction of sp³-hybridized carbons (Fsp3) is 0.900. The van der Waals surface area contributed by atoms with Gasteiger partial charge in [0.25, 0.3) is 0 Å². The molecular formula is C10H22N4O. The Balaban J connectivity index is 2.18. The summed E-state index contributed by atoms with van der Waals surface area (Å²) in [5, 5.41) is 0. The minimum Gasteiger partial charge on any atom is -0.330 e. The molecule has 1 heterocycles. The predicted octanol–water partition coefficient (Wildman–Crippen LogP) is -0.188. The number of unbranched alkanes of at least 4 members (excludes halogenated alkanes) is 2. The second kappa shape index (κ2) is 6.63. The number of nitrogens with zero attached hydrogens (tertiary/aromatic N) is 2. The fourth-order valence-corrected chi connectivity index (χ4v) is 1.83. The number of carbonyl (C=O) groups excluding carboxylic acids is 1. The summed E-state index contributed by atoms with van der Waals surface area (Å²) in [6.45, 7) is 4.51. The fourth-order valence-electron chi connectivity index (χ4n) is 1.83. The Hall–Kier alpha value is -0.810. The smallest absolute Gasteiger partial charge is 0.320 e. The van der Waals surface area contributed by atoms with Gasteiger partial charge in [0, 0.05) is 32.7 Å². The molecule has 0 unspecified atom stereocenters. The average Bonchev–Trinajstić information content (AvgIpc) is 2.57. The van der Waals surface area contributed by atoms with Gasteiger partial charge in [0.1, 0.15) is 0 Å². The van der Waals surface area contributed by atoms with Crippen molar-refractivity contribution in [1.29, 1.82) is 0 Å². The van der Waals surface area contributed by atoms with Crippen LogP contribution in [0.3, 0.4) is 0 Å². The quantitative estimate of drug-likeness (QED) is 0.577. The molecule has 1 aliphatic rings. The molecule has 0 aliphatic carbocycles. The van der Waals surface area contributed by atoms with Crippen LogP contribution in [0.1, 0.15) is 19.3 Å². The van der Waals surface area contributed by atoms with E-state index in [9.17, 15) is 4.79 Å². The number of hydrogen-bond acceptors (Lipinski definition) is 3. The van der Waals surface area contributed by atoms with Crippen molar-refractivity contribution in [2.24, 2.45) is 11.5 Å². The van der Waals surface area contributed by atoms with Crippen LogP contribution in [-0.2, 0) is 0 Å². The molecule has 1 rings (SSSR count).